The van der Waals surface area contributed by atoms with E-state index < -0.39 is 0 Å². The Morgan fingerprint density at radius 1 is 1.32 bits per heavy atom. The largest absolute Gasteiger partial charge is 0.420 e. The predicted molar refractivity (Wildman–Crippen MR) is 79.2 cm³/mol. The average Bonchev–Trinajstić information content (AvgIpc) is 2.86. The number of halogens is 1. The van der Waals surface area contributed by atoms with Gasteiger partial charge in [-0.3, -0.25) is 0 Å². The average molecular weight is 298 g/mol. The minimum absolute atomic E-state index is 0.496. The second-order valence-electron chi connectivity index (χ2n) is 4.21. The molecule has 1 aromatic heterocycles. The molecule has 102 valence electrons. The first-order valence-corrected chi connectivity index (χ1v) is 7.51. The van der Waals surface area contributed by atoms with Crippen LogP contribution >= 0.6 is 23.4 Å². The topological polar surface area (TPSA) is 64.9 Å². The summed E-state index contributed by atoms with van der Waals surface area (Å²) in [7, 11) is 0. The number of nitrogens with zero attached hydrogens (tertiary/aromatic N) is 2. The maximum atomic E-state index is 5.84. The first-order chi connectivity index (χ1) is 9.19. The molecule has 1 heterocycles. The first-order valence-electron chi connectivity index (χ1n) is 6.09. The lowest BCUT2D eigenvalue weighted by molar-refractivity contribution is 0.528. The predicted octanol–water partition coefficient (Wildman–Crippen LogP) is 3.36. The van der Waals surface area contributed by atoms with Crippen molar-refractivity contribution in [2.24, 2.45) is 5.73 Å². The zero-order chi connectivity index (χ0) is 13.7. The van der Waals surface area contributed by atoms with Gasteiger partial charge in [0, 0.05) is 15.8 Å². The summed E-state index contributed by atoms with van der Waals surface area (Å²) in [6, 6.07) is 7.34. The molecule has 0 saturated heterocycles. The van der Waals surface area contributed by atoms with Crippen molar-refractivity contribution in [3.05, 3.63) is 35.2 Å². The summed E-state index contributed by atoms with van der Waals surface area (Å²) in [5, 5.41) is 9.27. The van der Waals surface area contributed by atoms with Crippen LogP contribution in [-0.4, -0.2) is 22.0 Å². The highest BCUT2D eigenvalue weighted by Crippen LogP contribution is 2.23. The van der Waals surface area contributed by atoms with Crippen LogP contribution < -0.4 is 5.73 Å². The molecule has 1 unspecified atom stereocenters. The van der Waals surface area contributed by atoms with Crippen LogP contribution in [-0.2, 0) is 5.75 Å². The summed E-state index contributed by atoms with van der Waals surface area (Å²) in [5.74, 6) is 1.87. The fourth-order valence-electron chi connectivity index (χ4n) is 1.55. The van der Waals surface area contributed by atoms with Crippen LogP contribution in [0.3, 0.4) is 0 Å². The van der Waals surface area contributed by atoms with E-state index in [4.69, 9.17) is 21.8 Å². The summed E-state index contributed by atoms with van der Waals surface area (Å²) < 4.78 is 5.62. The van der Waals surface area contributed by atoms with Crippen LogP contribution in [0.4, 0.5) is 0 Å². The Labute approximate surface area is 121 Å². The Balaban J connectivity index is 1.97. The van der Waals surface area contributed by atoms with E-state index >= 15 is 0 Å². The van der Waals surface area contributed by atoms with Crippen molar-refractivity contribution in [1.29, 1.82) is 0 Å². The highest BCUT2D eigenvalue weighted by atomic mass is 35.5. The second-order valence-corrected chi connectivity index (χ2v) is 6.07. The van der Waals surface area contributed by atoms with Crippen molar-refractivity contribution in [2.45, 2.75) is 24.3 Å². The van der Waals surface area contributed by atoms with Gasteiger partial charge in [0.25, 0.3) is 0 Å². The molecular formula is C13H16ClN3OS. The Bertz CT molecular complexity index is 515. The maximum Gasteiger partial charge on any atom is 0.247 e. The summed E-state index contributed by atoms with van der Waals surface area (Å²) in [5.41, 5.74) is 6.39. The van der Waals surface area contributed by atoms with E-state index in [-0.39, 0.29) is 0 Å². The molecule has 0 fully saturated rings. The van der Waals surface area contributed by atoms with Crippen molar-refractivity contribution >= 4 is 23.4 Å². The summed E-state index contributed by atoms with van der Waals surface area (Å²) >= 11 is 7.61. The van der Waals surface area contributed by atoms with Gasteiger partial charge in [0.15, 0.2) is 0 Å². The van der Waals surface area contributed by atoms with Crippen LogP contribution in [0.5, 0.6) is 0 Å². The smallest absolute Gasteiger partial charge is 0.247 e. The van der Waals surface area contributed by atoms with Gasteiger partial charge in [-0.2, -0.15) is 0 Å². The van der Waals surface area contributed by atoms with Crippen LogP contribution in [0.25, 0.3) is 11.5 Å². The molecule has 2 N–H and O–H groups in total. The highest BCUT2D eigenvalue weighted by molar-refractivity contribution is 7.99. The third-order valence-corrected chi connectivity index (χ3v) is 4.09. The lowest BCUT2D eigenvalue weighted by atomic mass is 10.2. The van der Waals surface area contributed by atoms with E-state index in [1.807, 2.05) is 12.1 Å². The van der Waals surface area contributed by atoms with Gasteiger partial charge >= 0.3 is 0 Å². The molecule has 1 aromatic carbocycles. The Hall–Kier alpha value is -1.04. The Morgan fingerprint density at radius 3 is 2.74 bits per heavy atom. The normalized spacial score (nSPS) is 12.6. The zero-order valence-corrected chi connectivity index (χ0v) is 12.2. The Morgan fingerprint density at radius 2 is 2.05 bits per heavy atom. The quantitative estimate of drug-likeness (QED) is 0.885. The summed E-state index contributed by atoms with van der Waals surface area (Å²) in [6.45, 7) is 2.85. The molecule has 19 heavy (non-hydrogen) atoms. The number of benzene rings is 1. The standard InChI is InChI=1S/C13H16ClN3OS/c1-9(6-7-15)19-8-12-16-17-13(18-12)10-2-4-11(14)5-3-10/h2-5,9H,6-8,15H2,1H3. The minimum Gasteiger partial charge on any atom is -0.420 e. The fourth-order valence-corrected chi connectivity index (χ4v) is 2.53. The molecule has 0 aliphatic heterocycles. The fraction of sp³-hybridized carbons (Fsp3) is 0.385. The van der Waals surface area contributed by atoms with Gasteiger partial charge in [-0.15, -0.1) is 22.0 Å². The van der Waals surface area contributed by atoms with Crippen molar-refractivity contribution in [2.75, 3.05) is 6.54 Å². The molecule has 2 rings (SSSR count). The van der Waals surface area contributed by atoms with E-state index in [9.17, 15) is 0 Å². The molecule has 2 aromatic rings. The van der Waals surface area contributed by atoms with Gasteiger partial charge in [0.1, 0.15) is 0 Å². The van der Waals surface area contributed by atoms with Gasteiger partial charge in [0.05, 0.1) is 5.75 Å². The van der Waals surface area contributed by atoms with E-state index in [1.54, 1.807) is 23.9 Å². The molecule has 1 atom stereocenters. The maximum absolute atomic E-state index is 5.84. The van der Waals surface area contributed by atoms with E-state index in [0.29, 0.717) is 34.4 Å². The van der Waals surface area contributed by atoms with Gasteiger partial charge < -0.3 is 10.2 Å². The highest BCUT2D eigenvalue weighted by Gasteiger charge is 2.10. The van der Waals surface area contributed by atoms with Crippen molar-refractivity contribution in [1.82, 2.24) is 10.2 Å². The van der Waals surface area contributed by atoms with E-state index in [0.717, 1.165) is 12.0 Å². The van der Waals surface area contributed by atoms with Crippen LogP contribution in [0.1, 0.15) is 19.2 Å². The molecule has 0 aliphatic rings. The summed E-state index contributed by atoms with van der Waals surface area (Å²) in [4.78, 5) is 0. The van der Waals surface area contributed by atoms with Crippen LogP contribution in [0, 0.1) is 0 Å². The number of hydrogen-bond acceptors (Lipinski definition) is 5. The Kier molecular flexibility index (Phi) is 5.24. The molecule has 4 nitrogen and oxygen atoms in total. The lowest BCUT2D eigenvalue weighted by Crippen LogP contribution is -2.07. The van der Waals surface area contributed by atoms with Crippen LogP contribution in [0.2, 0.25) is 5.02 Å². The molecular weight excluding hydrogens is 282 g/mol. The molecule has 0 radical (unpaired) electrons. The third kappa shape index (κ3) is 4.23. The van der Waals surface area contributed by atoms with Gasteiger partial charge in [-0.25, -0.2) is 0 Å². The monoisotopic (exact) mass is 297 g/mol. The molecule has 0 bridgehead atoms. The SMILES string of the molecule is CC(CCN)SCc1nnc(-c2ccc(Cl)cc2)o1. The number of thioether (sulfide) groups is 1. The minimum atomic E-state index is 0.496. The molecule has 6 heteroatoms. The third-order valence-electron chi connectivity index (χ3n) is 2.62. The summed E-state index contributed by atoms with van der Waals surface area (Å²) in [6.07, 6.45) is 0.989. The molecule has 0 aliphatic carbocycles. The number of aromatic nitrogens is 2. The van der Waals surface area contributed by atoms with Crippen LogP contribution in [0.15, 0.2) is 28.7 Å². The van der Waals surface area contributed by atoms with Crippen molar-refractivity contribution in [3.8, 4) is 11.5 Å². The van der Waals surface area contributed by atoms with E-state index in [1.165, 1.54) is 0 Å². The molecule has 0 spiro atoms. The number of rotatable bonds is 6. The number of nitrogens with two attached hydrogens (primary N) is 1. The van der Waals surface area contributed by atoms with Gasteiger partial charge in [-0.05, 0) is 37.2 Å². The lowest BCUT2D eigenvalue weighted by Gasteiger charge is -2.06. The van der Waals surface area contributed by atoms with Gasteiger partial charge in [0.2, 0.25) is 11.8 Å². The van der Waals surface area contributed by atoms with Crippen molar-refractivity contribution in [3.63, 3.8) is 0 Å². The molecule has 0 saturated carbocycles. The first kappa shape index (κ1) is 14.4. The van der Waals surface area contributed by atoms with E-state index in [2.05, 4.69) is 17.1 Å². The zero-order valence-electron chi connectivity index (χ0n) is 10.7. The van der Waals surface area contributed by atoms with Crippen molar-refractivity contribution < 1.29 is 4.42 Å². The number of hydrogen-bond donors (Lipinski definition) is 1. The second kappa shape index (κ2) is 6.93. The van der Waals surface area contributed by atoms with Gasteiger partial charge in [-0.1, -0.05) is 18.5 Å². The molecule has 0 amide bonds.